The second-order valence-electron chi connectivity index (χ2n) is 5.61. The van der Waals surface area contributed by atoms with Gasteiger partial charge in [-0.3, -0.25) is 4.79 Å². The van der Waals surface area contributed by atoms with Crippen LogP contribution in [0.4, 0.5) is 5.69 Å². The van der Waals surface area contributed by atoms with Gasteiger partial charge in [-0.25, -0.2) is 0 Å². The Labute approximate surface area is 133 Å². The molecular weight excluding hydrogens is 294 g/mol. The molecule has 0 saturated heterocycles. The summed E-state index contributed by atoms with van der Waals surface area (Å²) in [6.07, 6.45) is 0.465. The van der Waals surface area contributed by atoms with Gasteiger partial charge in [0.15, 0.2) is 0 Å². The van der Waals surface area contributed by atoms with Gasteiger partial charge < -0.3 is 5.32 Å². The van der Waals surface area contributed by atoms with E-state index in [2.05, 4.69) is 29.6 Å². The minimum atomic E-state index is 0.0591. The van der Waals surface area contributed by atoms with Crippen molar-refractivity contribution >= 4 is 34.0 Å². The maximum Gasteiger partial charge on any atom is 0.225 e. The number of halogens is 1. The molecule has 0 unspecified atom stereocenters. The molecule has 1 N–H and O–H groups in total. The molecule has 0 bridgehead atoms. The highest BCUT2D eigenvalue weighted by atomic mass is 35.5. The fourth-order valence-electron chi connectivity index (χ4n) is 3.20. The minimum Gasteiger partial charge on any atom is -0.325 e. The Morgan fingerprint density at radius 1 is 0.955 bits per heavy atom. The normalized spacial score (nSPS) is 17.1. The Balaban J connectivity index is 1.92. The molecule has 1 atom stereocenters. The number of hydrogen-bond acceptors (Lipinski definition) is 1. The predicted molar refractivity (Wildman–Crippen MR) is 90.5 cm³/mol. The van der Waals surface area contributed by atoms with Gasteiger partial charge in [0.05, 0.1) is 5.69 Å². The van der Waals surface area contributed by atoms with Crippen molar-refractivity contribution in [2.24, 2.45) is 0 Å². The van der Waals surface area contributed by atoms with Gasteiger partial charge >= 0.3 is 0 Å². The van der Waals surface area contributed by atoms with Crippen LogP contribution in [-0.2, 0) is 4.79 Å². The second-order valence-corrected chi connectivity index (χ2v) is 6.04. The van der Waals surface area contributed by atoms with Crippen LogP contribution >= 0.6 is 11.6 Å². The summed E-state index contributed by atoms with van der Waals surface area (Å²) < 4.78 is 0. The number of amides is 1. The molecule has 1 heterocycles. The molecule has 22 heavy (non-hydrogen) atoms. The van der Waals surface area contributed by atoms with Crippen molar-refractivity contribution in [3.8, 4) is 0 Å². The van der Waals surface area contributed by atoms with E-state index in [1.165, 1.54) is 5.56 Å². The van der Waals surface area contributed by atoms with E-state index in [-0.39, 0.29) is 11.8 Å². The standard InChI is InChI=1S/C19H14ClNO/c20-14-8-5-13(6-9-14)17-11-18(22)21-19-15-4-2-1-3-12(15)7-10-16(17)19/h1-10,17H,11H2,(H,21,22)/t17-/m0/s1. The summed E-state index contributed by atoms with van der Waals surface area (Å²) in [7, 11) is 0. The molecule has 0 fully saturated rings. The van der Waals surface area contributed by atoms with Crippen molar-refractivity contribution in [2.45, 2.75) is 12.3 Å². The molecule has 0 saturated carbocycles. The van der Waals surface area contributed by atoms with Crippen LogP contribution in [0.2, 0.25) is 5.02 Å². The third-order valence-electron chi connectivity index (χ3n) is 4.26. The molecule has 1 aliphatic rings. The summed E-state index contributed by atoms with van der Waals surface area (Å²) in [5, 5.41) is 5.99. The van der Waals surface area contributed by atoms with Crippen molar-refractivity contribution < 1.29 is 4.79 Å². The van der Waals surface area contributed by atoms with Gasteiger partial charge in [0.2, 0.25) is 5.91 Å². The fraction of sp³-hybridized carbons (Fsp3) is 0.105. The Kier molecular flexibility index (Phi) is 3.12. The second kappa shape index (κ2) is 5.15. The first kappa shape index (κ1) is 13.4. The minimum absolute atomic E-state index is 0.0591. The largest absolute Gasteiger partial charge is 0.325 e. The van der Waals surface area contributed by atoms with Gasteiger partial charge in [0, 0.05) is 22.7 Å². The first-order valence-electron chi connectivity index (χ1n) is 7.29. The van der Waals surface area contributed by atoms with Crippen molar-refractivity contribution in [1.82, 2.24) is 0 Å². The van der Waals surface area contributed by atoms with Gasteiger partial charge in [0.25, 0.3) is 0 Å². The Morgan fingerprint density at radius 2 is 1.73 bits per heavy atom. The zero-order chi connectivity index (χ0) is 15.1. The van der Waals surface area contributed by atoms with Crippen molar-refractivity contribution in [2.75, 3.05) is 5.32 Å². The van der Waals surface area contributed by atoms with E-state index >= 15 is 0 Å². The lowest BCUT2D eigenvalue weighted by atomic mass is 9.83. The first-order chi connectivity index (χ1) is 10.7. The average Bonchev–Trinajstić information content (AvgIpc) is 2.55. The molecule has 0 radical (unpaired) electrons. The van der Waals surface area contributed by atoms with Crippen LogP contribution in [0, 0.1) is 0 Å². The molecule has 2 nitrogen and oxygen atoms in total. The summed E-state index contributed by atoms with van der Waals surface area (Å²) in [4.78, 5) is 12.2. The number of carbonyl (C=O) groups excluding carboxylic acids is 1. The summed E-state index contributed by atoms with van der Waals surface area (Å²) in [5.74, 6) is 0.134. The van der Waals surface area contributed by atoms with Crippen molar-refractivity contribution in [1.29, 1.82) is 0 Å². The molecular formula is C19H14ClNO. The fourth-order valence-corrected chi connectivity index (χ4v) is 3.32. The summed E-state index contributed by atoms with van der Waals surface area (Å²) >= 11 is 5.98. The smallest absolute Gasteiger partial charge is 0.225 e. The lowest BCUT2D eigenvalue weighted by Gasteiger charge is -2.27. The lowest BCUT2D eigenvalue weighted by molar-refractivity contribution is -0.116. The highest BCUT2D eigenvalue weighted by molar-refractivity contribution is 6.30. The molecule has 0 spiro atoms. The molecule has 3 heteroatoms. The summed E-state index contributed by atoms with van der Waals surface area (Å²) in [5.41, 5.74) is 3.23. The van der Waals surface area contributed by atoms with E-state index in [1.807, 2.05) is 36.4 Å². The lowest BCUT2D eigenvalue weighted by Crippen LogP contribution is -2.23. The molecule has 0 aliphatic carbocycles. The number of fused-ring (bicyclic) bond motifs is 3. The molecule has 108 valence electrons. The average molecular weight is 308 g/mol. The van der Waals surface area contributed by atoms with Gasteiger partial charge in [-0.2, -0.15) is 0 Å². The van der Waals surface area contributed by atoms with Gasteiger partial charge in [-0.1, -0.05) is 60.1 Å². The highest BCUT2D eigenvalue weighted by Gasteiger charge is 2.27. The quantitative estimate of drug-likeness (QED) is 0.676. The summed E-state index contributed by atoms with van der Waals surface area (Å²) in [6.45, 7) is 0. The Morgan fingerprint density at radius 3 is 2.55 bits per heavy atom. The maximum absolute atomic E-state index is 12.2. The number of carbonyl (C=O) groups is 1. The van der Waals surface area contributed by atoms with Crippen LogP contribution in [0.5, 0.6) is 0 Å². The van der Waals surface area contributed by atoms with E-state index in [9.17, 15) is 4.79 Å². The summed E-state index contributed by atoms with van der Waals surface area (Å²) in [6, 6.07) is 20.1. The third-order valence-corrected chi connectivity index (χ3v) is 4.51. The molecule has 3 aromatic rings. The number of nitrogens with one attached hydrogen (secondary N) is 1. The topological polar surface area (TPSA) is 29.1 Å². The van der Waals surface area contributed by atoms with E-state index in [0.29, 0.717) is 11.4 Å². The molecule has 3 aromatic carbocycles. The van der Waals surface area contributed by atoms with E-state index in [0.717, 1.165) is 22.0 Å². The van der Waals surface area contributed by atoms with E-state index in [1.54, 1.807) is 0 Å². The Bertz CT molecular complexity index is 870. The van der Waals surface area contributed by atoms with Gasteiger partial charge in [-0.05, 0) is 28.6 Å². The van der Waals surface area contributed by atoms with Crippen molar-refractivity contribution in [3.63, 3.8) is 0 Å². The van der Waals surface area contributed by atoms with E-state index in [4.69, 9.17) is 11.6 Å². The zero-order valence-corrected chi connectivity index (χ0v) is 12.6. The number of hydrogen-bond donors (Lipinski definition) is 1. The van der Waals surface area contributed by atoms with E-state index < -0.39 is 0 Å². The van der Waals surface area contributed by atoms with Crippen LogP contribution in [0.25, 0.3) is 10.8 Å². The number of anilines is 1. The monoisotopic (exact) mass is 307 g/mol. The highest BCUT2D eigenvalue weighted by Crippen LogP contribution is 2.40. The van der Waals surface area contributed by atoms with Crippen LogP contribution in [0.3, 0.4) is 0 Å². The Hall–Kier alpha value is -2.32. The SMILES string of the molecule is O=C1C[C@@H](c2ccc(Cl)cc2)c2ccc3ccccc3c2N1. The molecule has 0 aromatic heterocycles. The van der Waals surface area contributed by atoms with Crippen LogP contribution < -0.4 is 5.32 Å². The van der Waals surface area contributed by atoms with Crippen LogP contribution in [0.15, 0.2) is 60.7 Å². The zero-order valence-electron chi connectivity index (χ0n) is 11.8. The molecule has 4 rings (SSSR count). The molecule has 1 amide bonds. The van der Waals surface area contributed by atoms with Crippen LogP contribution in [-0.4, -0.2) is 5.91 Å². The van der Waals surface area contributed by atoms with Gasteiger partial charge in [-0.15, -0.1) is 0 Å². The number of rotatable bonds is 1. The molecule has 1 aliphatic heterocycles. The van der Waals surface area contributed by atoms with Crippen molar-refractivity contribution in [3.05, 3.63) is 76.8 Å². The number of benzene rings is 3. The van der Waals surface area contributed by atoms with Gasteiger partial charge in [0.1, 0.15) is 0 Å². The third kappa shape index (κ3) is 2.16. The first-order valence-corrected chi connectivity index (χ1v) is 7.67. The predicted octanol–water partition coefficient (Wildman–Crippen LogP) is 4.97. The maximum atomic E-state index is 12.2. The van der Waals surface area contributed by atoms with Crippen LogP contribution in [0.1, 0.15) is 23.5 Å².